The van der Waals surface area contributed by atoms with E-state index in [0.29, 0.717) is 12.1 Å². The van der Waals surface area contributed by atoms with Crippen molar-refractivity contribution in [3.05, 3.63) is 34.3 Å². The van der Waals surface area contributed by atoms with Crippen molar-refractivity contribution >= 4 is 21.8 Å². The number of hydrogen-bond donors (Lipinski definition) is 0. The second-order valence-electron chi connectivity index (χ2n) is 6.43. The topological polar surface area (TPSA) is 26.8 Å². The standard InChI is InChI=1S/C17H26BrN3O/c1-13-11-20(12-14(2)21(13)10-9-19(3)4)17(22)15-7-5-6-8-16(15)18/h5-8,13-14H,9-12H2,1-4H3. The summed E-state index contributed by atoms with van der Waals surface area (Å²) in [5.74, 6) is 0.124. The number of benzene rings is 1. The zero-order chi connectivity index (χ0) is 16.3. The number of rotatable bonds is 4. The molecule has 1 aromatic carbocycles. The Kier molecular flexibility index (Phi) is 6.01. The first-order valence-corrected chi connectivity index (χ1v) is 8.63. The Labute approximate surface area is 142 Å². The predicted octanol–water partition coefficient (Wildman–Crippen LogP) is 2.55. The van der Waals surface area contributed by atoms with E-state index < -0.39 is 0 Å². The number of nitrogens with zero attached hydrogens (tertiary/aromatic N) is 3. The molecule has 0 bridgehead atoms. The van der Waals surface area contributed by atoms with Crippen LogP contribution >= 0.6 is 15.9 Å². The first-order chi connectivity index (χ1) is 10.4. The van der Waals surface area contributed by atoms with Gasteiger partial charge in [-0.05, 0) is 56.0 Å². The monoisotopic (exact) mass is 367 g/mol. The van der Waals surface area contributed by atoms with Crippen LogP contribution in [-0.4, -0.2) is 73.0 Å². The van der Waals surface area contributed by atoms with E-state index in [1.165, 1.54) is 0 Å². The number of likely N-dealkylation sites (N-methyl/N-ethyl adjacent to an activating group) is 1. The fourth-order valence-electron chi connectivity index (χ4n) is 3.08. The summed E-state index contributed by atoms with van der Waals surface area (Å²) in [6, 6.07) is 8.43. The number of carbonyl (C=O) groups excluding carboxylic acids is 1. The summed E-state index contributed by atoms with van der Waals surface area (Å²) >= 11 is 3.48. The van der Waals surface area contributed by atoms with Crippen molar-refractivity contribution in [3.63, 3.8) is 0 Å². The van der Waals surface area contributed by atoms with Crippen LogP contribution in [0.15, 0.2) is 28.7 Å². The van der Waals surface area contributed by atoms with Crippen LogP contribution in [0.1, 0.15) is 24.2 Å². The third-order valence-electron chi connectivity index (χ3n) is 4.30. The third kappa shape index (κ3) is 4.09. The van der Waals surface area contributed by atoms with Gasteiger partial charge in [0, 0.05) is 42.7 Å². The second kappa shape index (κ2) is 7.57. The number of piperazine rings is 1. The van der Waals surface area contributed by atoms with Crippen molar-refractivity contribution in [1.29, 1.82) is 0 Å². The molecule has 0 aliphatic carbocycles. The molecule has 0 saturated carbocycles. The summed E-state index contributed by atoms with van der Waals surface area (Å²) in [6.07, 6.45) is 0. The number of hydrogen-bond acceptors (Lipinski definition) is 3. The lowest BCUT2D eigenvalue weighted by Crippen LogP contribution is -2.59. The molecule has 4 nitrogen and oxygen atoms in total. The van der Waals surface area contributed by atoms with Gasteiger partial charge >= 0.3 is 0 Å². The molecule has 22 heavy (non-hydrogen) atoms. The molecule has 0 aromatic heterocycles. The fourth-order valence-corrected chi connectivity index (χ4v) is 3.54. The smallest absolute Gasteiger partial charge is 0.255 e. The van der Waals surface area contributed by atoms with Gasteiger partial charge in [-0.25, -0.2) is 0 Å². The average Bonchev–Trinajstić information content (AvgIpc) is 2.45. The van der Waals surface area contributed by atoms with E-state index in [4.69, 9.17) is 0 Å². The Bertz CT molecular complexity index is 508. The number of carbonyl (C=O) groups is 1. The summed E-state index contributed by atoms with van der Waals surface area (Å²) in [5.41, 5.74) is 0.753. The summed E-state index contributed by atoms with van der Waals surface area (Å²) in [5, 5.41) is 0. The summed E-state index contributed by atoms with van der Waals surface area (Å²) < 4.78 is 0.871. The van der Waals surface area contributed by atoms with Gasteiger partial charge in [0.05, 0.1) is 5.56 Å². The van der Waals surface area contributed by atoms with Gasteiger partial charge in [0.2, 0.25) is 0 Å². The molecule has 0 N–H and O–H groups in total. The van der Waals surface area contributed by atoms with Crippen LogP contribution in [0.4, 0.5) is 0 Å². The quantitative estimate of drug-likeness (QED) is 0.817. The van der Waals surface area contributed by atoms with Crippen LogP contribution in [-0.2, 0) is 0 Å². The Morgan fingerprint density at radius 3 is 2.36 bits per heavy atom. The number of amides is 1. The highest BCUT2D eigenvalue weighted by Crippen LogP contribution is 2.22. The second-order valence-corrected chi connectivity index (χ2v) is 7.28. The van der Waals surface area contributed by atoms with Gasteiger partial charge in [-0.3, -0.25) is 9.69 Å². The van der Waals surface area contributed by atoms with Gasteiger partial charge in [0.25, 0.3) is 5.91 Å². The maximum Gasteiger partial charge on any atom is 0.255 e. The molecule has 5 heteroatoms. The summed E-state index contributed by atoms with van der Waals surface area (Å²) in [6.45, 7) is 8.10. The first kappa shape index (κ1) is 17.4. The fraction of sp³-hybridized carbons (Fsp3) is 0.588. The molecule has 122 valence electrons. The average molecular weight is 368 g/mol. The minimum Gasteiger partial charge on any atom is -0.335 e. The SMILES string of the molecule is CC1CN(C(=O)c2ccccc2Br)CC(C)N1CCN(C)C. The maximum atomic E-state index is 12.8. The van der Waals surface area contributed by atoms with E-state index in [2.05, 4.69) is 53.7 Å². The molecule has 2 unspecified atom stereocenters. The molecule has 1 heterocycles. The van der Waals surface area contributed by atoms with E-state index in [0.717, 1.165) is 36.2 Å². The minimum atomic E-state index is 0.124. The van der Waals surface area contributed by atoms with E-state index in [1.807, 2.05) is 29.2 Å². The van der Waals surface area contributed by atoms with Gasteiger partial charge in [-0.2, -0.15) is 0 Å². The highest BCUT2D eigenvalue weighted by Gasteiger charge is 2.32. The molecule has 1 aliphatic heterocycles. The lowest BCUT2D eigenvalue weighted by Gasteiger charge is -2.44. The maximum absolute atomic E-state index is 12.8. The molecule has 1 aliphatic rings. The Morgan fingerprint density at radius 1 is 1.23 bits per heavy atom. The molecule has 2 atom stereocenters. The molecular formula is C17H26BrN3O. The Balaban J connectivity index is 2.04. The van der Waals surface area contributed by atoms with Gasteiger partial charge in [0.1, 0.15) is 0 Å². The molecule has 2 rings (SSSR count). The Hall–Kier alpha value is -0.910. The highest BCUT2D eigenvalue weighted by molar-refractivity contribution is 9.10. The number of halogens is 1. The molecular weight excluding hydrogens is 342 g/mol. The highest BCUT2D eigenvalue weighted by atomic mass is 79.9. The van der Waals surface area contributed by atoms with E-state index in [1.54, 1.807) is 0 Å². The van der Waals surface area contributed by atoms with Crippen molar-refractivity contribution in [2.45, 2.75) is 25.9 Å². The zero-order valence-electron chi connectivity index (χ0n) is 13.9. The molecule has 1 saturated heterocycles. The largest absolute Gasteiger partial charge is 0.335 e. The predicted molar refractivity (Wildman–Crippen MR) is 94.2 cm³/mol. The zero-order valence-corrected chi connectivity index (χ0v) is 15.5. The van der Waals surface area contributed by atoms with E-state index >= 15 is 0 Å². The first-order valence-electron chi connectivity index (χ1n) is 7.84. The molecule has 0 radical (unpaired) electrons. The van der Waals surface area contributed by atoms with Gasteiger partial charge in [0.15, 0.2) is 0 Å². The summed E-state index contributed by atoms with van der Waals surface area (Å²) in [7, 11) is 4.20. The third-order valence-corrected chi connectivity index (χ3v) is 4.99. The van der Waals surface area contributed by atoms with Gasteiger partial charge in [-0.1, -0.05) is 12.1 Å². The van der Waals surface area contributed by atoms with E-state index in [9.17, 15) is 4.79 Å². The van der Waals surface area contributed by atoms with Crippen molar-refractivity contribution in [1.82, 2.24) is 14.7 Å². The molecule has 1 aromatic rings. The molecule has 0 spiro atoms. The molecule has 1 fully saturated rings. The van der Waals surface area contributed by atoms with Crippen LogP contribution in [0.5, 0.6) is 0 Å². The van der Waals surface area contributed by atoms with Crippen molar-refractivity contribution in [3.8, 4) is 0 Å². The van der Waals surface area contributed by atoms with Gasteiger partial charge < -0.3 is 9.80 Å². The summed E-state index contributed by atoms with van der Waals surface area (Å²) in [4.78, 5) is 19.5. The van der Waals surface area contributed by atoms with E-state index in [-0.39, 0.29) is 5.91 Å². The lowest BCUT2D eigenvalue weighted by molar-refractivity contribution is 0.0282. The van der Waals surface area contributed by atoms with Crippen molar-refractivity contribution in [2.75, 3.05) is 40.3 Å². The van der Waals surface area contributed by atoms with Crippen LogP contribution in [0.2, 0.25) is 0 Å². The van der Waals surface area contributed by atoms with Crippen LogP contribution in [0.25, 0.3) is 0 Å². The van der Waals surface area contributed by atoms with Crippen molar-refractivity contribution < 1.29 is 4.79 Å². The van der Waals surface area contributed by atoms with Crippen LogP contribution in [0, 0.1) is 0 Å². The van der Waals surface area contributed by atoms with Crippen LogP contribution in [0.3, 0.4) is 0 Å². The molecule has 1 amide bonds. The van der Waals surface area contributed by atoms with Crippen LogP contribution < -0.4 is 0 Å². The van der Waals surface area contributed by atoms with Gasteiger partial charge in [-0.15, -0.1) is 0 Å². The normalized spacial score (nSPS) is 23.1. The Morgan fingerprint density at radius 2 is 1.82 bits per heavy atom. The van der Waals surface area contributed by atoms with Crippen molar-refractivity contribution in [2.24, 2.45) is 0 Å². The lowest BCUT2D eigenvalue weighted by atomic mass is 10.1. The minimum absolute atomic E-state index is 0.124.